The van der Waals surface area contributed by atoms with Crippen LogP contribution in [0.3, 0.4) is 0 Å². The number of aryl methyl sites for hydroxylation is 1. The lowest BCUT2D eigenvalue weighted by atomic mass is 9.71. The van der Waals surface area contributed by atoms with E-state index in [1.165, 1.54) is 14.2 Å². The third kappa shape index (κ3) is 6.13. The molecular formula is C23H29O9P. The molecule has 0 aromatic heterocycles. The van der Waals surface area contributed by atoms with E-state index in [0.717, 1.165) is 12.0 Å². The lowest BCUT2D eigenvalue weighted by Gasteiger charge is -2.35. The Hall–Kier alpha value is -2.42. The number of ketones is 1. The van der Waals surface area contributed by atoms with Gasteiger partial charge in [0.2, 0.25) is 0 Å². The van der Waals surface area contributed by atoms with E-state index in [1.807, 2.05) is 6.07 Å². The van der Waals surface area contributed by atoms with Gasteiger partial charge in [0.05, 0.1) is 25.9 Å². The largest absolute Gasteiger partial charge is 0.505 e. The molecule has 0 heterocycles. The molecule has 0 saturated heterocycles. The zero-order valence-corrected chi connectivity index (χ0v) is 19.9. The minimum absolute atomic E-state index is 0.0639. The molecule has 1 fully saturated rings. The predicted molar refractivity (Wildman–Crippen MR) is 120 cm³/mol. The first-order valence-corrected chi connectivity index (χ1v) is 12.0. The van der Waals surface area contributed by atoms with Crippen molar-refractivity contribution in [2.75, 3.05) is 21.3 Å². The molecule has 3 atom stereocenters. The summed E-state index contributed by atoms with van der Waals surface area (Å²) in [5, 5.41) is 0. The number of carbonyl (C=O) groups excluding carboxylic acids is 1. The van der Waals surface area contributed by atoms with E-state index in [2.05, 4.69) is 4.67 Å². The Kier molecular flexibility index (Phi) is 8.15. The quantitative estimate of drug-likeness (QED) is 0.235. The van der Waals surface area contributed by atoms with Crippen molar-refractivity contribution < 1.29 is 42.9 Å². The van der Waals surface area contributed by atoms with E-state index in [0.29, 0.717) is 35.5 Å². The van der Waals surface area contributed by atoms with Gasteiger partial charge in [-0.1, -0.05) is 16.8 Å². The molecule has 10 heteroatoms. The Morgan fingerprint density at radius 3 is 2.39 bits per heavy atom. The smallest absolute Gasteiger partial charge is 0.497 e. The zero-order valence-electron chi connectivity index (χ0n) is 19.0. The molecule has 0 radical (unpaired) electrons. The van der Waals surface area contributed by atoms with Crippen LogP contribution in [0.2, 0.25) is 0 Å². The van der Waals surface area contributed by atoms with E-state index >= 15 is 0 Å². The third-order valence-corrected chi connectivity index (χ3v) is 6.28. The molecule has 2 aromatic rings. The highest BCUT2D eigenvalue weighted by atomic mass is 31.2. The standard InChI is InChI=1S/C23H29O9P/c1-14-5-6-15(11-22(14)31-32-33(25,26)27)18-9-7-16(28-2)12-19(18)23(24)20-13-17(29-3)8-10-21(20)30-4/h5-6,8,10-11,13,16,18-19H,7,9,12H2,1-4H3,(H2,25,26,27). The maximum absolute atomic E-state index is 13.8. The Labute approximate surface area is 192 Å². The summed E-state index contributed by atoms with van der Waals surface area (Å²) >= 11 is 0. The van der Waals surface area contributed by atoms with Crippen LogP contribution in [-0.2, 0) is 14.0 Å². The molecule has 3 unspecified atom stereocenters. The van der Waals surface area contributed by atoms with Gasteiger partial charge in [-0.15, -0.1) is 0 Å². The van der Waals surface area contributed by atoms with Gasteiger partial charge in [0, 0.05) is 13.0 Å². The first kappa shape index (κ1) is 25.2. The summed E-state index contributed by atoms with van der Waals surface area (Å²) in [6, 6.07) is 10.4. The minimum atomic E-state index is -4.81. The summed E-state index contributed by atoms with van der Waals surface area (Å²) in [4.78, 5) is 36.6. The van der Waals surface area contributed by atoms with E-state index in [4.69, 9.17) is 28.9 Å². The molecule has 0 aliphatic heterocycles. The van der Waals surface area contributed by atoms with Crippen LogP contribution in [0.25, 0.3) is 0 Å². The molecule has 9 nitrogen and oxygen atoms in total. The van der Waals surface area contributed by atoms with Gasteiger partial charge < -0.3 is 28.9 Å². The van der Waals surface area contributed by atoms with Crippen molar-refractivity contribution >= 4 is 13.6 Å². The van der Waals surface area contributed by atoms with E-state index in [-0.39, 0.29) is 23.6 Å². The lowest BCUT2D eigenvalue weighted by molar-refractivity contribution is -0.123. The topological polar surface area (TPSA) is 121 Å². The Balaban J connectivity index is 1.98. The first-order valence-electron chi connectivity index (χ1n) is 10.5. The molecular weight excluding hydrogens is 451 g/mol. The summed E-state index contributed by atoms with van der Waals surface area (Å²) in [6.07, 6.45) is 1.90. The van der Waals surface area contributed by atoms with Crippen LogP contribution in [-0.4, -0.2) is 43.0 Å². The average Bonchev–Trinajstić information content (AvgIpc) is 2.81. The molecule has 180 valence electrons. The molecule has 0 bridgehead atoms. The fourth-order valence-electron chi connectivity index (χ4n) is 4.27. The average molecular weight is 480 g/mol. The molecule has 2 N–H and O–H groups in total. The Morgan fingerprint density at radius 2 is 1.76 bits per heavy atom. The van der Waals surface area contributed by atoms with E-state index in [1.54, 1.807) is 44.4 Å². The Bertz CT molecular complexity index is 1030. The van der Waals surface area contributed by atoms with Gasteiger partial charge >= 0.3 is 7.82 Å². The maximum atomic E-state index is 13.8. The molecule has 0 spiro atoms. The van der Waals surface area contributed by atoms with Crippen molar-refractivity contribution in [3.63, 3.8) is 0 Å². The highest BCUT2D eigenvalue weighted by Gasteiger charge is 2.38. The fourth-order valence-corrected chi connectivity index (χ4v) is 4.44. The summed E-state index contributed by atoms with van der Waals surface area (Å²) in [5.41, 5.74) is 1.87. The van der Waals surface area contributed by atoms with Crippen LogP contribution in [0.15, 0.2) is 36.4 Å². The van der Waals surface area contributed by atoms with Crippen molar-refractivity contribution in [1.82, 2.24) is 0 Å². The number of Topliss-reactive ketones (excluding diaryl/α,β-unsaturated/α-hetero) is 1. The van der Waals surface area contributed by atoms with Gasteiger partial charge in [0.15, 0.2) is 11.5 Å². The van der Waals surface area contributed by atoms with E-state index < -0.39 is 13.7 Å². The molecule has 3 rings (SSSR count). The number of carbonyl (C=O) groups is 1. The van der Waals surface area contributed by atoms with E-state index in [9.17, 15) is 9.36 Å². The second kappa shape index (κ2) is 10.7. The van der Waals surface area contributed by atoms with Crippen molar-refractivity contribution in [1.29, 1.82) is 0 Å². The highest BCUT2D eigenvalue weighted by Crippen LogP contribution is 2.44. The fraction of sp³-hybridized carbons (Fsp3) is 0.435. The second-order valence-electron chi connectivity index (χ2n) is 7.99. The number of phosphoric acid groups is 1. The number of methoxy groups -OCH3 is 3. The van der Waals surface area contributed by atoms with Crippen LogP contribution in [0.4, 0.5) is 0 Å². The van der Waals surface area contributed by atoms with Gasteiger partial charge in [-0.3, -0.25) is 4.79 Å². The summed E-state index contributed by atoms with van der Waals surface area (Å²) < 4.78 is 31.6. The van der Waals surface area contributed by atoms with Gasteiger partial charge in [0.25, 0.3) is 0 Å². The van der Waals surface area contributed by atoms with Crippen molar-refractivity contribution in [2.24, 2.45) is 5.92 Å². The first-order chi connectivity index (χ1) is 15.7. The molecule has 33 heavy (non-hydrogen) atoms. The van der Waals surface area contributed by atoms with Crippen LogP contribution in [0.1, 0.15) is 46.7 Å². The molecule has 0 amide bonds. The van der Waals surface area contributed by atoms with Gasteiger partial charge in [0.1, 0.15) is 11.5 Å². The third-order valence-electron chi connectivity index (χ3n) is 6.01. The zero-order chi connectivity index (χ0) is 24.2. The van der Waals surface area contributed by atoms with Crippen molar-refractivity contribution in [3.05, 3.63) is 53.1 Å². The molecule has 1 aliphatic rings. The lowest BCUT2D eigenvalue weighted by Crippen LogP contribution is -2.33. The number of hydrogen-bond acceptors (Lipinski definition) is 7. The second-order valence-corrected chi connectivity index (χ2v) is 9.12. The summed E-state index contributed by atoms with van der Waals surface area (Å²) in [6.45, 7) is 1.73. The minimum Gasteiger partial charge on any atom is -0.497 e. The summed E-state index contributed by atoms with van der Waals surface area (Å²) in [7, 11) is -0.130. The predicted octanol–water partition coefficient (Wildman–Crippen LogP) is 4.20. The summed E-state index contributed by atoms with van der Waals surface area (Å²) in [5.74, 6) is 0.514. The monoisotopic (exact) mass is 480 g/mol. The Morgan fingerprint density at radius 1 is 1.00 bits per heavy atom. The number of rotatable bonds is 9. The molecule has 2 aromatic carbocycles. The number of ether oxygens (including phenoxy) is 3. The molecule has 1 aliphatic carbocycles. The molecule has 1 saturated carbocycles. The van der Waals surface area contributed by atoms with Gasteiger partial charge in [-0.25, -0.2) is 4.57 Å². The maximum Gasteiger partial charge on any atom is 0.505 e. The number of hydrogen-bond donors (Lipinski definition) is 2. The van der Waals surface area contributed by atoms with Gasteiger partial charge in [-0.2, -0.15) is 0 Å². The van der Waals surface area contributed by atoms with Crippen LogP contribution < -0.4 is 14.4 Å². The normalized spacial score (nSPS) is 20.8. The van der Waals surface area contributed by atoms with Crippen molar-refractivity contribution in [2.45, 2.75) is 38.2 Å². The number of benzene rings is 2. The van der Waals surface area contributed by atoms with Gasteiger partial charge in [-0.05, 0) is 67.5 Å². The SMILES string of the molecule is COc1ccc(OC)c(C(=O)C2CC(OC)CCC2c2ccc(C)c(OOP(=O)(O)O)c2)c1. The van der Waals surface area contributed by atoms with Crippen LogP contribution in [0, 0.1) is 12.8 Å². The van der Waals surface area contributed by atoms with Crippen LogP contribution >= 0.6 is 7.82 Å². The van der Waals surface area contributed by atoms with Crippen molar-refractivity contribution in [3.8, 4) is 17.2 Å². The van der Waals surface area contributed by atoms with Crippen LogP contribution in [0.5, 0.6) is 17.2 Å². The highest BCUT2D eigenvalue weighted by molar-refractivity contribution is 7.46.